The van der Waals surface area contributed by atoms with E-state index in [2.05, 4.69) is 24.5 Å². The second-order valence-electron chi connectivity index (χ2n) is 9.06. The number of aromatic hydroxyl groups is 1. The summed E-state index contributed by atoms with van der Waals surface area (Å²) in [6.45, 7) is 3.02. The Morgan fingerprint density at radius 3 is 2.70 bits per heavy atom. The molecule has 1 saturated heterocycles. The number of rotatable bonds is 4. The van der Waals surface area contributed by atoms with Gasteiger partial charge in [-0.2, -0.15) is 13.2 Å². The minimum Gasteiger partial charge on any atom is -0.493 e. The van der Waals surface area contributed by atoms with Crippen LogP contribution in [0.4, 0.5) is 18.9 Å². The molecule has 4 heterocycles. The molecule has 0 bridgehead atoms. The highest BCUT2D eigenvalue weighted by Crippen LogP contribution is 2.34. The van der Waals surface area contributed by atoms with E-state index in [0.717, 1.165) is 54.1 Å². The molecule has 0 saturated carbocycles. The summed E-state index contributed by atoms with van der Waals surface area (Å²) in [7, 11) is 0. The SMILES string of the molecule is O=C(OC(=O)C(F)(F)F)c1ccc2c(c1)CC[C@@H]1CN(Cc3cccnc3-c3ccc(O)nc3)CCN21. The van der Waals surface area contributed by atoms with E-state index in [1.54, 1.807) is 24.5 Å². The van der Waals surface area contributed by atoms with Gasteiger partial charge in [-0.3, -0.25) is 9.88 Å². The van der Waals surface area contributed by atoms with Gasteiger partial charge in [0.25, 0.3) is 0 Å². The number of aromatic nitrogens is 2. The summed E-state index contributed by atoms with van der Waals surface area (Å²) in [6.07, 6.45) is -0.444. The lowest BCUT2D eigenvalue weighted by Gasteiger charge is -2.46. The number of carbonyl (C=O) groups is 2. The van der Waals surface area contributed by atoms with Crippen molar-refractivity contribution < 1.29 is 32.6 Å². The number of hydrogen-bond donors (Lipinski definition) is 1. The summed E-state index contributed by atoms with van der Waals surface area (Å²) in [5.74, 6) is -3.88. The molecular weight excluding hydrogens is 489 g/mol. The quantitative estimate of drug-likeness (QED) is 0.418. The third kappa shape index (κ3) is 5.26. The van der Waals surface area contributed by atoms with Crippen molar-refractivity contribution in [2.24, 2.45) is 0 Å². The average Bonchev–Trinajstić information content (AvgIpc) is 2.88. The number of pyridine rings is 2. The smallest absolute Gasteiger partial charge is 0.491 e. The lowest BCUT2D eigenvalue weighted by molar-refractivity contribution is -0.193. The fourth-order valence-electron chi connectivity index (χ4n) is 4.94. The van der Waals surface area contributed by atoms with Crippen molar-refractivity contribution in [3.05, 3.63) is 71.5 Å². The molecule has 11 heteroatoms. The molecular formula is C26H23F3N4O4. The molecule has 1 aromatic carbocycles. The number of halogens is 3. The topological polar surface area (TPSA) is 95.9 Å². The Bertz CT molecular complexity index is 1330. The number of esters is 2. The molecule has 2 aliphatic rings. The van der Waals surface area contributed by atoms with Crippen molar-refractivity contribution in [1.82, 2.24) is 14.9 Å². The molecule has 1 N–H and O–H groups in total. The Kier molecular flexibility index (Phi) is 6.55. The second-order valence-corrected chi connectivity index (χ2v) is 9.06. The normalized spacial score (nSPS) is 17.6. The fourth-order valence-corrected chi connectivity index (χ4v) is 4.94. The number of alkyl halides is 3. The monoisotopic (exact) mass is 512 g/mol. The van der Waals surface area contributed by atoms with Crippen molar-refractivity contribution in [1.29, 1.82) is 0 Å². The molecule has 1 atom stereocenters. The number of nitrogens with zero attached hydrogens (tertiary/aromatic N) is 4. The van der Waals surface area contributed by atoms with Crippen molar-refractivity contribution >= 4 is 17.6 Å². The van der Waals surface area contributed by atoms with E-state index in [0.29, 0.717) is 13.0 Å². The molecule has 1 fully saturated rings. The van der Waals surface area contributed by atoms with E-state index in [1.807, 2.05) is 12.1 Å². The fraction of sp³-hybridized carbons (Fsp3) is 0.308. The van der Waals surface area contributed by atoms with Gasteiger partial charge in [-0.25, -0.2) is 14.6 Å². The van der Waals surface area contributed by atoms with Crippen molar-refractivity contribution in [2.45, 2.75) is 31.6 Å². The number of anilines is 1. The van der Waals surface area contributed by atoms with E-state index < -0.39 is 18.1 Å². The number of aryl methyl sites for hydroxylation is 1. The minimum atomic E-state index is -5.23. The van der Waals surface area contributed by atoms with Gasteiger partial charge >= 0.3 is 18.1 Å². The van der Waals surface area contributed by atoms with Gasteiger partial charge in [-0.05, 0) is 54.3 Å². The first-order valence-corrected chi connectivity index (χ1v) is 11.7. The number of fused-ring (bicyclic) bond motifs is 3. The number of benzene rings is 1. The Morgan fingerprint density at radius 1 is 1.11 bits per heavy atom. The van der Waals surface area contributed by atoms with Crippen LogP contribution in [-0.4, -0.2) is 63.8 Å². The zero-order chi connectivity index (χ0) is 26.2. The van der Waals surface area contributed by atoms with Gasteiger partial charge in [0.05, 0.1) is 11.3 Å². The van der Waals surface area contributed by atoms with E-state index in [9.17, 15) is 27.9 Å². The van der Waals surface area contributed by atoms with Crippen LogP contribution in [0.25, 0.3) is 11.3 Å². The summed E-state index contributed by atoms with van der Waals surface area (Å²) in [5.41, 5.74) is 4.39. The predicted octanol–water partition coefficient (Wildman–Crippen LogP) is 3.73. The van der Waals surface area contributed by atoms with Crippen LogP contribution >= 0.6 is 0 Å². The molecule has 192 valence electrons. The highest BCUT2D eigenvalue weighted by Gasteiger charge is 2.42. The summed E-state index contributed by atoms with van der Waals surface area (Å²) in [6, 6.07) is 12.1. The van der Waals surface area contributed by atoms with E-state index in [4.69, 9.17) is 0 Å². The minimum absolute atomic E-state index is 0.0475. The van der Waals surface area contributed by atoms with Gasteiger partial charge < -0.3 is 14.7 Å². The largest absolute Gasteiger partial charge is 0.493 e. The summed E-state index contributed by atoms with van der Waals surface area (Å²) >= 11 is 0. The maximum atomic E-state index is 12.4. The van der Waals surface area contributed by atoms with E-state index >= 15 is 0 Å². The van der Waals surface area contributed by atoms with Crippen LogP contribution in [0.3, 0.4) is 0 Å². The Hall–Kier alpha value is -3.99. The van der Waals surface area contributed by atoms with Gasteiger partial charge in [-0.1, -0.05) is 6.07 Å². The van der Waals surface area contributed by atoms with Crippen molar-refractivity contribution in [2.75, 3.05) is 24.5 Å². The first-order chi connectivity index (χ1) is 17.7. The van der Waals surface area contributed by atoms with Gasteiger partial charge in [0, 0.05) is 61.9 Å². The van der Waals surface area contributed by atoms with Crippen LogP contribution in [0, 0.1) is 0 Å². The van der Waals surface area contributed by atoms with Gasteiger partial charge in [-0.15, -0.1) is 0 Å². The number of carbonyl (C=O) groups excluding carboxylic acids is 2. The number of hydrogen-bond acceptors (Lipinski definition) is 8. The molecule has 37 heavy (non-hydrogen) atoms. The van der Waals surface area contributed by atoms with E-state index in [-0.39, 0.29) is 17.5 Å². The summed E-state index contributed by atoms with van der Waals surface area (Å²) in [5, 5.41) is 9.50. The standard InChI is InChI=1S/C26H23F3N4O4/c27-26(28,29)25(36)37-24(35)17-4-7-21-16(12-17)3-6-20-15-32(10-11-33(20)21)14-19-2-1-9-30-23(19)18-5-8-22(34)31-13-18/h1-2,4-5,7-9,12-13,20H,3,6,10-11,14-15H2,(H,31,34)/t20-/m1/s1. The Balaban J connectivity index is 1.27. The lowest BCUT2D eigenvalue weighted by atomic mass is 9.92. The summed E-state index contributed by atoms with van der Waals surface area (Å²) in [4.78, 5) is 36.2. The third-order valence-corrected chi connectivity index (χ3v) is 6.66. The van der Waals surface area contributed by atoms with Crippen molar-refractivity contribution in [3.63, 3.8) is 0 Å². The van der Waals surface area contributed by atoms with Crippen LogP contribution in [0.1, 0.15) is 27.9 Å². The molecule has 2 aromatic heterocycles. The molecule has 0 spiro atoms. The molecule has 0 aliphatic carbocycles. The number of ether oxygens (including phenoxy) is 1. The molecule has 0 amide bonds. The maximum Gasteiger partial charge on any atom is 0.491 e. The van der Waals surface area contributed by atoms with Crippen LogP contribution in [0.15, 0.2) is 54.9 Å². The van der Waals surface area contributed by atoms with E-state index in [1.165, 1.54) is 18.2 Å². The Labute approximate surface area is 210 Å². The molecule has 0 radical (unpaired) electrons. The molecule has 8 nitrogen and oxygen atoms in total. The van der Waals surface area contributed by atoms with Crippen LogP contribution in [0.2, 0.25) is 0 Å². The summed E-state index contributed by atoms with van der Waals surface area (Å²) < 4.78 is 41.2. The van der Waals surface area contributed by atoms with Crippen LogP contribution < -0.4 is 4.90 Å². The maximum absolute atomic E-state index is 12.4. The Morgan fingerprint density at radius 2 is 1.95 bits per heavy atom. The zero-order valence-electron chi connectivity index (χ0n) is 19.6. The number of piperazine rings is 1. The second kappa shape index (κ2) is 9.81. The van der Waals surface area contributed by atoms with Crippen LogP contribution in [-0.2, 0) is 22.5 Å². The first kappa shape index (κ1) is 24.7. The van der Waals surface area contributed by atoms with Gasteiger partial charge in [0.2, 0.25) is 5.88 Å². The lowest BCUT2D eigenvalue weighted by Crippen LogP contribution is -2.54. The third-order valence-electron chi connectivity index (χ3n) is 6.66. The van der Waals surface area contributed by atoms with Crippen LogP contribution in [0.5, 0.6) is 5.88 Å². The average molecular weight is 512 g/mol. The predicted molar refractivity (Wildman–Crippen MR) is 127 cm³/mol. The zero-order valence-corrected chi connectivity index (χ0v) is 19.6. The molecule has 3 aromatic rings. The molecule has 5 rings (SSSR count). The first-order valence-electron chi connectivity index (χ1n) is 11.7. The van der Waals surface area contributed by atoms with Gasteiger partial charge in [0.1, 0.15) is 0 Å². The molecule has 2 aliphatic heterocycles. The van der Waals surface area contributed by atoms with Gasteiger partial charge in [0.15, 0.2) is 0 Å². The molecule has 0 unspecified atom stereocenters. The van der Waals surface area contributed by atoms with Crippen molar-refractivity contribution in [3.8, 4) is 17.1 Å². The highest BCUT2D eigenvalue weighted by atomic mass is 19.4. The highest BCUT2D eigenvalue weighted by molar-refractivity contribution is 5.98.